The normalized spacial score (nSPS) is 14.5. The Balaban J connectivity index is 4.88. The predicted molar refractivity (Wildman–Crippen MR) is 297 cm³/mol. The molecule has 3 atom stereocenters. The van der Waals surface area contributed by atoms with E-state index in [1.165, 1.54) is 0 Å². The van der Waals surface area contributed by atoms with Crippen LogP contribution in [0, 0.1) is 0 Å². The lowest BCUT2D eigenvalue weighted by Crippen LogP contribution is -2.30. The first-order valence-corrected chi connectivity index (χ1v) is 28.6. The van der Waals surface area contributed by atoms with Crippen LogP contribution in [0.1, 0.15) is 188 Å². The second-order valence-electron chi connectivity index (χ2n) is 17.2. The van der Waals surface area contributed by atoms with E-state index >= 15 is 0 Å². The van der Waals surface area contributed by atoms with E-state index in [1.807, 2.05) is 0 Å². The van der Waals surface area contributed by atoms with Crippen LogP contribution in [-0.4, -0.2) is 66.5 Å². The molecular weight excluding hydrogens is 928 g/mol. The van der Waals surface area contributed by atoms with E-state index in [1.54, 1.807) is 0 Å². The lowest BCUT2D eigenvalue weighted by Gasteiger charge is -2.21. The maximum atomic E-state index is 12.9. The number of rotatable bonds is 48. The smallest absolute Gasteiger partial charge is 0.462 e. The van der Waals surface area contributed by atoms with Gasteiger partial charge in [-0.15, -0.1) is 0 Å². The first-order valence-electron chi connectivity index (χ1n) is 27.1. The number of phosphoric acid groups is 1. The summed E-state index contributed by atoms with van der Waals surface area (Å²) in [5, 5.41) is 9.79. The van der Waals surface area contributed by atoms with Crippen molar-refractivity contribution in [2.75, 3.05) is 26.4 Å². The fourth-order valence-corrected chi connectivity index (χ4v) is 7.31. The largest absolute Gasteiger partial charge is 0.472 e. The van der Waals surface area contributed by atoms with Crippen molar-refractivity contribution in [1.82, 2.24) is 0 Å². The molecule has 0 rings (SSSR count). The molecule has 0 saturated carbocycles. The molecule has 0 spiro atoms. The summed E-state index contributed by atoms with van der Waals surface area (Å²) in [4.78, 5) is 48.4. The highest BCUT2D eigenvalue weighted by molar-refractivity contribution is 7.47. The molecule has 0 saturated heterocycles. The third kappa shape index (κ3) is 50.6. The van der Waals surface area contributed by atoms with Gasteiger partial charge in [-0.05, 0) is 128 Å². The second-order valence-corrected chi connectivity index (χ2v) is 18.7. The van der Waals surface area contributed by atoms with Crippen LogP contribution in [0.5, 0.6) is 0 Å². The van der Waals surface area contributed by atoms with Crippen molar-refractivity contribution < 1.29 is 52.2 Å². The summed E-state index contributed by atoms with van der Waals surface area (Å²) >= 11 is 0. The zero-order chi connectivity index (χ0) is 52.7. The van der Waals surface area contributed by atoms with Gasteiger partial charge in [-0.2, -0.15) is 0 Å². The van der Waals surface area contributed by atoms with E-state index in [-0.39, 0.29) is 25.9 Å². The topological polar surface area (TPSA) is 155 Å². The Labute approximate surface area is 436 Å². The summed E-state index contributed by atoms with van der Waals surface area (Å²) < 4.78 is 39.3. The fourth-order valence-electron chi connectivity index (χ4n) is 6.53. The molecule has 0 aromatic heterocycles. The van der Waals surface area contributed by atoms with Crippen LogP contribution in [-0.2, 0) is 42.2 Å². The molecule has 0 radical (unpaired) electrons. The van der Waals surface area contributed by atoms with Crippen molar-refractivity contribution in [3.05, 3.63) is 134 Å². The summed E-state index contributed by atoms with van der Waals surface area (Å²) in [6, 6.07) is 0. The molecule has 0 aliphatic rings. The first-order chi connectivity index (χ1) is 35.2. The van der Waals surface area contributed by atoms with Gasteiger partial charge in [0.25, 0.3) is 0 Å². The quantitative estimate of drug-likeness (QED) is 0.0197. The van der Waals surface area contributed by atoms with E-state index < -0.39 is 57.8 Å². The first kappa shape index (κ1) is 67.6. The molecule has 0 heterocycles. The molecular formula is C60H95O11P. The van der Waals surface area contributed by atoms with E-state index in [4.69, 9.17) is 23.3 Å². The van der Waals surface area contributed by atoms with Gasteiger partial charge in [0.15, 0.2) is 6.10 Å². The van der Waals surface area contributed by atoms with E-state index in [9.17, 15) is 28.9 Å². The number of ether oxygens (including phenoxy) is 3. The second kappa shape index (κ2) is 52.9. The number of esters is 3. The molecule has 0 aromatic rings. The van der Waals surface area contributed by atoms with E-state index in [0.717, 1.165) is 128 Å². The van der Waals surface area contributed by atoms with Crippen molar-refractivity contribution in [3.8, 4) is 0 Å². The van der Waals surface area contributed by atoms with Crippen LogP contribution in [0.3, 0.4) is 0 Å². The van der Waals surface area contributed by atoms with Gasteiger partial charge in [0.1, 0.15) is 12.7 Å². The van der Waals surface area contributed by atoms with Crippen LogP contribution in [0.15, 0.2) is 134 Å². The number of allylic oxidation sites excluding steroid dienone is 22. The summed E-state index contributed by atoms with van der Waals surface area (Å²) in [7, 11) is -4.78. The number of aliphatic hydroxyl groups is 1. The van der Waals surface area contributed by atoms with Crippen molar-refractivity contribution in [2.45, 2.75) is 200 Å². The maximum absolute atomic E-state index is 12.9. The zero-order valence-corrected chi connectivity index (χ0v) is 45.5. The van der Waals surface area contributed by atoms with Gasteiger partial charge in [0.05, 0.1) is 19.8 Å². The average Bonchev–Trinajstić information content (AvgIpc) is 3.37. The Kier molecular flexibility index (Phi) is 49.7. The molecule has 0 amide bonds. The lowest BCUT2D eigenvalue weighted by molar-refractivity contribution is -0.161. The molecule has 0 aromatic carbocycles. The SMILES string of the molecule is CC/C=C\C/C=C\C/C=C\C/C=C\CCCCC(=O)OC(CO)COP(=O)(O)OCC(COC(=O)CCCCCCC/C=C\C/C=C\C/C=C\CC)OC(=O)CCCC/C=C\C/C=C\C/C=C\C/C=C\CC. The molecule has 2 N–H and O–H groups in total. The van der Waals surface area contributed by atoms with Gasteiger partial charge >= 0.3 is 25.7 Å². The van der Waals surface area contributed by atoms with Gasteiger partial charge < -0.3 is 24.2 Å². The predicted octanol–water partition coefficient (Wildman–Crippen LogP) is 15.8. The molecule has 406 valence electrons. The van der Waals surface area contributed by atoms with Crippen LogP contribution in [0.4, 0.5) is 0 Å². The van der Waals surface area contributed by atoms with Crippen LogP contribution >= 0.6 is 7.82 Å². The van der Waals surface area contributed by atoms with Crippen LogP contribution < -0.4 is 0 Å². The Bertz CT molecular complexity index is 1710. The van der Waals surface area contributed by atoms with Crippen molar-refractivity contribution in [1.29, 1.82) is 0 Å². The number of unbranched alkanes of at least 4 members (excludes halogenated alkanes) is 9. The standard InChI is InChI=1S/C60H95O11P/c1-4-7-10-13-16-19-22-25-28-31-34-37-40-43-46-49-58(62)67-53-57(71-60(64)51-48-45-42-39-36-33-30-27-24-21-18-15-12-9-6-3)55-69-72(65,66)68-54-56(52-61)70-59(63)50-47-44-41-38-35-32-29-26-23-20-17-14-11-8-5-2/h7-12,16-21,25-30,35-36,38-39,56-57,61H,4-6,13-15,22-24,31-34,37,40-55H2,1-3H3,(H,65,66)/b10-7-,11-8-,12-9-,19-16-,20-17-,21-18-,28-25-,29-26-,30-27-,38-35-,39-36-. The van der Waals surface area contributed by atoms with E-state index in [2.05, 4.69) is 154 Å². The fraction of sp³-hybridized carbons (Fsp3) is 0.583. The minimum atomic E-state index is -4.78. The molecule has 3 unspecified atom stereocenters. The molecule has 0 aliphatic carbocycles. The number of hydrogen-bond donors (Lipinski definition) is 2. The van der Waals surface area contributed by atoms with Crippen LogP contribution in [0.2, 0.25) is 0 Å². The summed E-state index contributed by atoms with van der Waals surface area (Å²) in [5.74, 6) is -1.60. The number of carbonyl (C=O) groups is 3. The number of aliphatic hydroxyl groups excluding tert-OH is 1. The summed E-state index contributed by atoms with van der Waals surface area (Å²) in [6.07, 6.45) is 65.7. The highest BCUT2D eigenvalue weighted by Crippen LogP contribution is 2.43. The Hall–Kier alpha value is -4.38. The molecule has 11 nitrogen and oxygen atoms in total. The van der Waals surface area contributed by atoms with Crippen molar-refractivity contribution in [3.63, 3.8) is 0 Å². The number of phosphoric ester groups is 1. The number of hydrogen-bond acceptors (Lipinski definition) is 10. The minimum absolute atomic E-state index is 0.100. The van der Waals surface area contributed by atoms with Crippen molar-refractivity contribution >= 4 is 25.7 Å². The summed E-state index contributed by atoms with van der Waals surface area (Å²) in [6.45, 7) is 4.15. The van der Waals surface area contributed by atoms with Crippen molar-refractivity contribution in [2.24, 2.45) is 0 Å². The minimum Gasteiger partial charge on any atom is -0.462 e. The third-order valence-electron chi connectivity index (χ3n) is 10.6. The lowest BCUT2D eigenvalue weighted by atomic mass is 10.1. The Morgan fingerprint density at radius 2 is 0.681 bits per heavy atom. The molecule has 0 aliphatic heterocycles. The average molecular weight is 1020 g/mol. The highest BCUT2D eigenvalue weighted by atomic mass is 31.2. The highest BCUT2D eigenvalue weighted by Gasteiger charge is 2.28. The maximum Gasteiger partial charge on any atom is 0.472 e. The molecule has 12 heteroatoms. The van der Waals surface area contributed by atoms with Gasteiger partial charge in [-0.25, -0.2) is 4.57 Å². The monoisotopic (exact) mass is 1020 g/mol. The molecule has 0 bridgehead atoms. The van der Waals surface area contributed by atoms with Crippen LogP contribution in [0.25, 0.3) is 0 Å². The summed E-state index contributed by atoms with van der Waals surface area (Å²) in [5.41, 5.74) is 0. The molecule has 72 heavy (non-hydrogen) atoms. The van der Waals surface area contributed by atoms with Gasteiger partial charge in [-0.1, -0.05) is 174 Å². The zero-order valence-electron chi connectivity index (χ0n) is 44.6. The van der Waals surface area contributed by atoms with Gasteiger partial charge in [-0.3, -0.25) is 23.4 Å². The number of carbonyl (C=O) groups excluding carboxylic acids is 3. The third-order valence-corrected chi connectivity index (χ3v) is 11.5. The Morgan fingerprint density at radius 1 is 0.389 bits per heavy atom. The van der Waals surface area contributed by atoms with E-state index in [0.29, 0.717) is 19.3 Å². The van der Waals surface area contributed by atoms with Gasteiger partial charge in [0.2, 0.25) is 0 Å². The molecule has 0 fully saturated rings. The van der Waals surface area contributed by atoms with Gasteiger partial charge in [0, 0.05) is 19.3 Å². The Morgan fingerprint density at radius 3 is 1.07 bits per heavy atom.